The van der Waals surface area contributed by atoms with Crippen LogP contribution in [-0.2, 0) is 28.6 Å². The number of carbonyl (C=O) groups excluding carboxylic acids is 3. The molecule has 0 heterocycles. The van der Waals surface area contributed by atoms with Crippen LogP contribution in [-0.4, -0.2) is 37.7 Å². The van der Waals surface area contributed by atoms with Gasteiger partial charge in [-0.1, -0.05) is 406 Å². The first-order valence-corrected chi connectivity index (χ1v) is 38.9. The van der Waals surface area contributed by atoms with E-state index in [4.69, 9.17) is 14.2 Å². The highest BCUT2D eigenvalue weighted by Gasteiger charge is 2.35. The average Bonchev–Trinajstić information content (AvgIpc) is 3.65. The van der Waals surface area contributed by atoms with Crippen molar-refractivity contribution in [1.82, 2.24) is 0 Å². The molecule has 1 aliphatic carbocycles. The van der Waals surface area contributed by atoms with Gasteiger partial charge in [0, 0.05) is 12.8 Å². The minimum Gasteiger partial charge on any atom is -0.465 e. The van der Waals surface area contributed by atoms with E-state index >= 15 is 0 Å². The predicted octanol–water partition coefficient (Wildman–Crippen LogP) is 26.4. The van der Waals surface area contributed by atoms with Crippen LogP contribution in [0.25, 0.3) is 0 Å². The van der Waals surface area contributed by atoms with Gasteiger partial charge in [-0.2, -0.15) is 0 Å². The van der Waals surface area contributed by atoms with Crippen molar-refractivity contribution in [1.29, 1.82) is 0 Å². The Kier molecular flexibility index (Phi) is 63.0. The molecule has 0 aromatic carbocycles. The van der Waals surface area contributed by atoms with E-state index in [2.05, 4.69) is 20.8 Å². The van der Waals surface area contributed by atoms with Gasteiger partial charge in [0.05, 0.1) is 11.3 Å². The van der Waals surface area contributed by atoms with E-state index in [1.165, 1.54) is 347 Å². The molecule has 84 heavy (non-hydrogen) atoms. The van der Waals surface area contributed by atoms with Crippen molar-refractivity contribution in [2.75, 3.05) is 19.8 Å². The third-order valence-corrected chi connectivity index (χ3v) is 19.5. The molecule has 1 fully saturated rings. The van der Waals surface area contributed by atoms with Crippen LogP contribution >= 0.6 is 0 Å². The zero-order valence-electron chi connectivity index (χ0n) is 57.5. The van der Waals surface area contributed by atoms with Crippen LogP contribution in [0.1, 0.15) is 451 Å². The molecule has 0 radical (unpaired) electrons. The minimum atomic E-state index is -0.761. The number of hydrogen-bond acceptors (Lipinski definition) is 6. The number of esters is 3. The maximum absolute atomic E-state index is 14.2. The monoisotopic (exact) mass is 1180 g/mol. The van der Waals surface area contributed by atoms with Gasteiger partial charge in [-0.15, -0.1) is 0 Å². The van der Waals surface area contributed by atoms with Crippen molar-refractivity contribution in [3.63, 3.8) is 0 Å². The highest BCUT2D eigenvalue weighted by atomic mass is 16.6. The molecule has 498 valence electrons. The summed E-state index contributed by atoms with van der Waals surface area (Å²) in [5.41, 5.74) is -0.761. The first-order chi connectivity index (χ1) is 41.5. The summed E-state index contributed by atoms with van der Waals surface area (Å²) in [6, 6.07) is 0. The molecule has 1 aliphatic rings. The molecular formula is C78H150O6. The third-order valence-electron chi connectivity index (χ3n) is 19.5. The average molecular weight is 1180 g/mol. The SMILES string of the molecule is CCCCCCCCCCCCCCCCCCCCCC(=O)OCC(CC)(COC(=O)CCCCCCCCCCCCCCCCCCCCC)COC(=O)C1CCCCCCCCCCCCCCCCCCCCCCCCCC1. The van der Waals surface area contributed by atoms with Crippen molar-refractivity contribution >= 4 is 17.9 Å². The van der Waals surface area contributed by atoms with Gasteiger partial charge in [-0.05, 0) is 32.1 Å². The fourth-order valence-electron chi connectivity index (χ4n) is 13.1. The zero-order valence-corrected chi connectivity index (χ0v) is 57.5. The molecule has 0 amide bonds. The molecular weight excluding hydrogens is 1030 g/mol. The van der Waals surface area contributed by atoms with Gasteiger partial charge in [-0.3, -0.25) is 14.4 Å². The molecule has 0 aromatic rings. The molecule has 0 unspecified atom stereocenters. The summed E-state index contributed by atoms with van der Waals surface area (Å²) >= 11 is 0. The first-order valence-electron chi connectivity index (χ1n) is 38.9. The Morgan fingerprint density at radius 2 is 0.452 bits per heavy atom. The van der Waals surface area contributed by atoms with Crippen LogP contribution in [0.15, 0.2) is 0 Å². The van der Waals surface area contributed by atoms with E-state index in [0.717, 1.165) is 64.2 Å². The van der Waals surface area contributed by atoms with Gasteiger partial charge in [0.15, 0.2) is 0 Å². The highest BCUT2D eigenvalue weighted by Crippen LogP contribution is 2.29. The van der Waals surface area contributed by atoms with Crippen LogP contribution in [0.2, 0.25) is 0 Å². The molecule has 0 spiro atoms. The lowest BCUT2D eigenvalue weighted by atomic mass is 9.87. The van der Waals surface area contributed by atoms with Gasteiger partial charge >= 0.3 is 17.9 Å². The lowest BCUT2D eigenvalue weighted by molar-refractivity contribution is -0.164. The van der Waals surface area contributed by atoms with E-state index in [-0.39, 0.29) is 43.6 Å². The van der Waals surface area contributed by atoms with E-state index in [0.29, 0.717) is 19.3 Å². The van der Waals surface area contributed by atoms with Crippen LogP contribution in [0.5, 0.6) is 0 Å². The van der Waals surface area contributed by atoms with Crippen molar-refractivity contribution in [3.05, 3.63) is 0 Å². The summed E-state index contributed by atoms with van der Waals surface area (Å²) in [6.07, 6.45) is 85.3. The standard InChI is InChI=1S/C78H150O6/c1-4-7-9-11-13-15-17-19-21-23-31-37-41-45-49-53-57-61-65-69-75(79)82-71-78(6-3,72-83-76(80)70-66-62-58-54-50-46-42-38-32-24-22-20-18-16-14-12-10-8-5-2)73-84-77(81)74-67-63-59-55-51-47-43-39-35-33-29-27-25-26-28-30-34-36-40-44-48-52-56-60-64-68-74/h74H,4-73H2,1-3H3. The van der Waals surface area contributed by atoms with Crippen LogP contribution in [0.4, 0.5) is 0 Å². The third kappa shape index (κ3) is 56.9. The van der Waals surface area contributed by atoms with Crippen molar-refractivity contribution in [2.24, 2.45) is 11.3 Å². The Bertz CT molecular complexity index is 1260. The highest BCUT2D eigenvalue weighted by molar-refractivity contribution is 5.72. The molecule has 0 bridgehead atoms. The second-order valence-electron chi connectivity index (χ2n) is 27.8. The number of rotatable bonds is 48. The van der Waals surface area contributed by atoms with Crippen molar-refractivity contribution < 1.29 is 28.6 Å². The smallest absolute Gasteiger partial charge is 0.308 e. The second kappa shape index (κ2) is 65.8. The molecule has 0 aromatic heterocycles. The Balaban J connectivity index is 2.65. The van der Waals surface area contributed by atoms with Crippen LogP contribution < -0.4 is 0 Å². The van der Waals surface area contributed by atoms with Crippen LogP contribution in [0.3, 0.4) is 0 Å². The molecule has 0 atom stereocenters. The van der Waals surface area contributed by atoms with Gasteiger partial charge in [0.2, 0.25) is 0 Å². The van der Waals surface area contributed by atoms with E-state index < -0.39 is 5.41 Å². The Morgan fingerprint density at radius 3 is 0.667 bits per heavy atom. The predicted molar refractivity (Wildman–Crippen MR) is 365 cm³/mol. The van der Waals surface area contributed by atoms with Gasteiger partial charge < -0.3 is 14.2 Å². The van der Waals surface area contributed by atoms with E-state index in [1.54, 1.807) is 0 Å². The van der Waals surface area contributed by atoms with Gasteiger partial charge in [0.25, 0.3) is 0 Å². The first kappa shape index (κ1) is 80.4. The molecule has 1 rings (SSSR count). The maximum atomic E-state index is 14.2. The number of unbranched alkanes of at least 4 members (excludes halogenated alkanes) is 36. The second-order valence-corrected chi connectivity index (χ2v) is 27.8. The minimum absolute atomic E-state index is 0.103. The number of carbonyl (C=O) groups is 3. The topological polar surface area (TPSA) is 78.9 Å². The Morgan fingerprint density at radius 1 is 0.262 bits per heavy atom. The maximum Gasteiger partial charge on any atom is 0.308 e. The summed E-state index contributed by atoms with van der Waals surface area (Å²) in [4.78, 5) is 40.8. The summed E-state index contributed by atoms with van der Waals surface area (Å²) < 4.78 is 18.4. The molecule has 0 saturated heterocycles. The fourth-order valence-corrected chi connectivity index (χ4v) is 13.1. The molecule has 0 aliphatic heterocycles. The lowest BCUT2D eigenvalue weighted by Gasteiger charge is -2.31. The largest absolute Gasteiger partial charge is 0.465 e. The normalized spacial score (nSPS) is 16.0. The summed E-state index contributed by atoms with van der Waals surface area (Å²) in [7, 11) is 0. The lowest BCUT2D eigenvalue weighted by Crippen LogP contribution is -2.39. The quantitative estimate of drug-likeness (QED) is 0.0343. The van der Waals surface area contributed by atoms with Gasteiger partial charge in [0.1, 0.15) is 19.8 Å². The van der Waals surface area contributed by atoms with E-state index in [9.17, 15) is 14.4 Å². The summed E-state index contributed by atoms with van der Waals surface area (Å²) in [5, 5.41) is 0. The molecule has 6 nitrogen and oxygen atoms in total. The molecule has 0 N–H and O–H groups in total. The number of hydrogen-bond donors (Lipinski definition) is 0. The summed E-state index contributed by atoms with van der Waals surface area (Å²) in [5.74, 6) is -0.617. The molecule has 6 heteroatoms. The molecule has 1 saturated carbocycles. The van der Waals surface area contributed by atoms with Crippen molar-refractivity contribution in [3.8, 4) is 0 Å². The fraction of sp³-hybridized carbons (Fsp3) is 0.962. The van der Waals surface area contributed by atoms with E-state index in [1.807, 2.05) is 0 Å². The Labute approximate surface area is 526 Å². The zero-order chi connectivity index (χ0) is 60.4. The van der Waals surface area contributed by atoms with Crippen LogP contribution in [0, 0.1) is 11.3 Å². The van der Waals surface area contributed by atoms with Crippen molar-refractivity contribution in [2.45, 2.75) is 451 Å². The Hall–Kier alpha value is -1.59. The van der Waals surface area contributed by atoms with Gasteiger partial charge in [-0.25, -0.2) is 0 Å². The number of ether oxygens (including phenoxy) is 3. The summed E-state index contributed by atoms with van der Waals surface area (Å²) in [6.45, 7) is 6.96.